The lowest BCUT2D eigenvalue weighted by molar-refractivity contribution is -0.168. The molecule has 1 aliphatic carbocycles. The van der Waals surface area contributed by atoms with Gasteiger partial charge in [-0.2, -0.15) is 0 Å². The Balaban J connectivity index is 2.75. The summed E-state index contributed by atoms with van der Waals surface area (Å²) in [6.07, 6.45) is 10.4. The molecule has 1 fully saturated rings. The summed E-state index contributed by atoms with van der Waals surface area (Å²) in [4.78, 5) is 23.5. The second-order valence-corrected chi connectivity index (χ2v) is 5.56. The number of aliphatic carboxylic acids is 1. The lowest BCUT2D eigenvalue weighted by atomic mass is 9.77. The number of carbonyl (C=O) groups is 2. The predicted octanol–water partition coefficient (Wildman–Crippen LogP) is 3.54. The summed E-state index contributed by atoms with van der Waals surface area (Å²) in [7, 11) is 1.28. The van der Waals surface area contributed by atoms with Crippen molar-refractivity contribution in [3.05, 3.63) is 0 Å². The van der Waals surface area contributed by atoms with Crippen LogP contribution in [0.2, 0.25) is 0 Å². The van der Waals surface area contributed by atoms with Gasteiger partial charge in [-0.15, -0.1) is 0 Å². The number of methoxy groups -OCH3 is 1. The maximum Gasteiger partial charge on any atom is 0.323 e. The molecule has 0 radical (unpaired) electrons. The number of carboxylic acid groups (broad SMARTS) is 1. The molecule has 0 aliphatic heterocycles. The van der Waals surface area contributed by atoms with Crippen molar-refractivity contribution in [1.82, 2.24) is 0 Å². The van der Waals surface area contributed by atoms with Crippen LogP contribution in [0.1, 0.15) is 70.6 Å². The first-order chi connectivity index (χ1) is 9.13. The Morgan fingerprint density at radius 3 is 1.53 bits per heavy atom. The van der Waals surface area contributed by atoms with Crippen molar-refractivity contribution in [2.24, 2.45) is 5.41 Å². The SMILES string of the molecule is COC(=O)C1(C(=O)O)CCCCCCCCCCC1. The van der Waals surface area contributed by atoms with Crippen LogP contribution in [-0.2, 0) is 14.3 Å². The van der Waals surface area contributed by atoms with E-state index in [4.69, 9.17) is 4.74 Å². The van der Waals surface area contributed by atoms with Crippen LogP contribution in [0.4, 0.5) is 0 Å². The van der Waals surface area contributed by atoms with E-state index in [0.29, 0.717) is 12.8 Å². The van der Waals surface area contributed by atoms with E-state index in [0.717, 1.165) is 38.5 Å². The van der Waals surface area contributed by atoms with Gasteiger partial charge in [0, 0.05) is 0 Å². The minimum atomic E-state index is -1.31. The zero-order chi connectivity index (χ0) is 14.1. The van der Waals surface area contributed by atoms with Gasteiger partial charge in [0.15, 0.2) is 5.41 Å². The van der Waals surface area contributed by atoms with Crippen molar-refractivity contribution in [2.75, 3.05) is 7.11 Å². The molecular formula is C15H26O4. The summed E-state index contributed by atoms with van der Waals surface area (Å²) in [6.45, 7) is 0. The first-order valence-corrected chi connectivity index (χ1v) is 7.45. The molecule has 0 unspecified atom stereocenters. The van der Waals surface area contributed by atoms with Crippen molar-refractivity contribution in [2.45, 2.75) is 70.6 Å². The van der Waals surface area contributed by atoms with Gasteiger partial charge in [-0.05, 0) is 12.8 Å². The van der Waals surface area contributed by atoms with E-state index in [9.17, 15) is 14.7 Å². The average Bonchev–Trinajstić information content (AvgIpc) is 2.38. The molecule has 4 heteroatoms. The minimum Gasteiger partial charge on any atom is -0.480 e. The first kappa shape index (κ1) is 16.0. The van der Waals surface area contributed by atoms with Crippen molar-refractivity contribution in [1.29, 1.82) is 0 Å². The van der Waals surface area contributed by atoms with E-state index in [1.165, 1.54) is 26.4 Å². The highest BCUT2D eigenvalue weighted by atomic mass is 16.5. The maximum absolute atomic E-state index is 11.9. The minimum absolute atomic E-state index is 0.412. The van der Waals surface area contributed by atoms with Gasteiger partial charge in [-0.3, -0.25) is 9.59 Å². The number of carbonyl (C=O) groups excluding carboxylic acids is 1. The third-order valence-corrected chi connectivity index (χ3v) is 4.19. The molecule has 0 atom stereocenters. The summed E-state index contributed by atoms with van der Waals surface area (Å²) in [5.41, 5.74) is -1.31. The highest BCUT2D eigenvalue weighted by Gasteiger charge is 2.46. The molecular weight excluding hydrogens is 244 g/mol. The molecule has 0 aromatic rings. The fraction of sp³-hybridized carbons (Fsp3) is 0.867. The number of carboxylic acids is 1. The smallest absolute Gasteiger partial charge is 0.323 e. The van der Waals surface area contributed by atoms with Gasteiger partial charge >= 0.3 is 11.9 Å². The van der Waals surface area contributed by atoms with Gasteiger partial charge in [0.1, 0.15) is 0 Å². The Bertz CT molecular complexity index is 287. The molecule has 1 saturated carbocycles. The van der Waals surface area contributed by atoms with E-state index in [2.05, 4.69) is 0 Å². The van der Waals surface area contributed by atoms with E-state index in [1.54, 1.807) is 0 Å². The quantitative estimate of drug-likeness (QED) is 0.616. The Morgan fingerprint density at radius 1 is 0.842 bits per heavy atom. The van der Waals surface area contributed by atoms with Crippen LogP contribution in [-0.4, -0.2) is 24.2 Å². The standard InChI is InChI=1S/C15H26O4/c1-19-14(18)15(13(16)17)11-9-7-5-3-2-4-6-8-10-12-15/h2-12H2,1H3,(H,16,17). The highest BCUT2D eigenvalue weighted by molar-refractivity contribution is 5.99. The molecule has 0 spiro atoms. The fourth-order valence-electron chi connectivity index (χ4n) is 2.92. The molecule has 19 heavy (non-hydrogen) atoms. The van der Waals surface area contributed by atoms with Gasteiger partial charge in [-0.25, -0.2) is 0 Å². The molecule has 4 nitrogen and oxygen atoms in total. The van der Waals surface area contributed by atoms with Crippen LogP contribution in [0, 0.1) is 5.41 Å². The van der Waals surface area contributed by atoms with Crippen molar-refractivity contribution in [3.8, 4) is 0 Å². The maximum atomic E-state index is 11.9. The monoisotopic (exact) mass is 270 g/mol. The second-order valence-electron chi connectivity index (χ2n) is 5.56. The molecule has 110 valence electrons. The average molecular weight is 270 g/mol. The van der Waals surface area contributed by atoms with E-state index >= 15 is 0 Å². The highest BCUT2D eigenvalue weighted by Crippen LogP contribution is 2.34. The molecule has 0 bridgehead atoms. The molecule has 1 N–H and O–H groups in total. The van der Waals surface area contributed by atoms with E-state index < -0.39 is 17.4 Å². The lowest BCUT2D eigenvalue weighted by Crippen LogP contribution is -2.40. The number of hydrogen-bond acceptors (Lipinski definition) is 3. The molecule has 0 heterocycles. The van der Waals surface area contributed by atoms with Gasteiger partial charge in [0.05, 0.1) is 7.11 Å². The third kappa shape index (κ3) is 4.51. The largest absolute Gasteiger partial charge is 0.480 e. The van der Waals surface area contributed by atoms with Crippen molar-refractivity contribution < 1.29 is 19.4 Å². The van der Waals surface area contributed by atoms with Gasteiger partial charge in [-0.1, -0.05) is 57.8 Å². The number of hydrogen-bond donors (Lipinski definition) is 1. The first-order valence-electron chi connectivity index (χ1n) is 7.45. The number of ether oxygens (including phenoxy) is 1. The van der Waals surface area contributed by atoms with Crippen molar-refractivity contribution >= 4 is 11.9 Å². The van der Waals surface area contributed by atoms with Crippen LogP contribution in [0.3, 0.4) is 0 Å². The summed E-state index contributed by atoms with van der Waals surface area (Å²) >= 11 is 0. The zero-order valence-electron chi connectivity index (χ0n) is 12.0. The van der Waals surface area contributed by atoms with Crippen LogP contribution >= 0.6 is 0 Å². The van der Waals surface area contributed by atoms with E-state index in [-0.39, 0.29) is 0 Å². The number of esters is 1. The molecule has 1 rings (SSSR count). The van der Waals surface area contributed by atoms with Crippen LogP contribution in [0.25, 0.3) is 0 Å². The van der Waals surface area contributed by atoms with Gasteiger partial charge in [0.2, 0.25) is 0 Å². The molecule has 0 aromatic heterocycles. The normalized spacial score (nSPS) is 21.7. The third-order valence-electron chi connectivity index (χ3n) is 4.19. The van der Waals surface area contributed by atoms with Crippen LogP contribution < -0.4 is 0 Å². The summed E-state index contributed by atoms with van der Waals surface area (Å²) in [6, 6.07) is 0. The van der Waals surface area contributed by atoms with E-state index in [1.807, 2.05) is 0 Å². The predicted molar refractivity (Wildman–Crippen MR) is 72.9 cm³/mol. The van der Waals surface area contributed by atoms with Crippen molar-refractivity contribution in [3.63, 3.8) is 0 Å². The fourth-order valence-corrected chi connectivity index (χ4v) is 2.92. The second kappa shape index (κ2) is 8.18. The Morgan fingerprint density at radius 2 is 1.21 bits per heavy atom. The number of rotatable bonds is 2. The Labute approximate surface area is 115 Å². The molecule has 0 saturated heterocycles. The van der Waals surface area contributed by atoms with Crippen LogP contribution in [0.15, 0.2) is 0 Å². The summed E-state index contributed by atoms with van der Waals surface area (Å²) in [5, 5.41) is 9.49. The topological polar surface area (TPSA) is 63.6 Å². The molecule has 1 aliphatic rings. The lowest BCUT2D eigenvalue weighted by Gasteiger charge is -2.27. The molecule has 0 aromatic carbocycles. The summed E-state index contributed by atoms with van der Waals surface area (Å²) < 4.78 is 4.76. The van der Waals surface area contributed by atoms with Crippen LogP contribution in [0.5, 0.6) is 0 Å². The van der Waals surface area contributed by atoms with Gasteiger partial charge in [0.25, 0.3) is 0 Å². The Hall–Kier alpha value is -1.06. The Kier molecular flexibility index (Phi) is 6.89. The molecule has 0 amide bonds. The zero-order valence-corrected chi connectivity index (χ0v) is 12.0. The van der Waals surface area contributed by atoms with Gasteiger partial charge < -0.3 is 9.84 Å². The summed E-state index contributed by atoms with van der Waals surface area (Å²) in [5.74, 6) is -1.59.